The van der Waals surface area contributed by atoms with Crippen LogP contribution in [0.2, 0.25) is 0 Å². The molecule has 0 radical (unpaired) electrons. The molecule has 3 unspecified atom stereocenters. The quantitative estimate of drug-likeness (QED) is 0.517. The summed E-state index contributed by atoms with van der Waals surface area (Å²) in [4.78, 5) is 25.3. The van der Waals surface area contributed by atoms with Gasteiger partial charge < -0.3 is 21.7 Å². The van der Waals surface area contributed by atoms with Gasteiger partial charge in [-0.15, -0.1) is 0 Å². The molecule has 170 valence electrons. The van der Waals surface area contributed by atoms with Gasteiger partial charge in [-0.05, 0) is 67.8 Å². The standard InChI is InChI=1S/C24H28F2N4O2/c1-13(23(31)30-19-8-7-16-17(19)11-18(25)22(27)21(16)26)29-24(32)20-10-15(12-28-20)9-14-5-3-2-4-6-14/h2-6,11,13,15,19-20,28H,7-10,12,27H2,1H3,(H,29,32)(H,30,31)/t13-,15?,19?,20?/m0/s1. The SMILES string of the molecule is C[C@H](NC(=O)C1CC(Cc2ccccc2)CN1)C(=O)NC1CCc2c1cc(F)c(N)c2F. The van der Waals surface area contributed by atoms with Crippen molar-refractivity contribution in [2.45, 2.75) is 50.7 Å². The number of hydrogen-bond acceptors (Lipinski definition) is 4. The van der Waals surface area contributed by atoms with Gasteiger partial charge in [0.2, 0.25) is 11.8 Å². The Hall–Kier alpha value is -3.00. The lowest BCUT2D eigenvalue weighted by Gasteiger charge is -2.20. The van der Waals surface area contributed by atoms with Crippen LogP contribution in [0, 0.1) is 17.6 Å². The highest BCUT2D eigenvalue weighted by molar-refractivity contribution is 5.89. The Kier molecular flexibility index (Phi) is 6.41. The molecular formula is C24H28F2N4O2. The molecule has 2 aromatic carbocycles. The molecule has 1 aliphatic carbocycles. The second-order valence-corrected chi connectivity index (χ2v) is 8.74. The maximum Gasteiger partial charge on any atom is 0.242 e. The molecule has 4 atom stereocenters. The number of anilines is 1. The van der Waals surface area contributed by atoms with Crippen LogP contribution in [-0.2, 0) is 22.4 Å². The van der Waals surface area contributed by atoms with Crippen LogP contribution in [0.15, 0.2) is 36.4 Å². The molecule has 32 heavy (non-hydrogen) atoms. The Morgan fingerprint density at radius 1 is 1.25 bits per heavy atom. The summed E-state index contributed by atoms with van der Waals surface area (Å²) >= 11 is 0. The van der Waals surface area contributed by atoms with Gasteiger partial charge in [-0.2, -0.15) is 0 Å². The first-order valence-electron chi connectivity index (χ1n) is 11.0. The van der Waals surface area contributed by atoms with Crippen molar-refractivity contribution in [3.63, 3.8) is 0 Å². The first kappa shape index (κ1) is 22.2. The van der Waals surface area contributed by atoms with Crippen molar-refractivity contribution in [1.82, 2.24) is 16.0 Å². The van der Waals surface area contributed by atoms with Gasteiger partial charge in [0.25, 0.3) is 0 Å². The first-order valence-corrected chi connectivity index (χ1v) is 11.0. The van der Waals surface area contributed by atoms with E-state index in [0.29, 0.717) is 36.3 Å². The second kappa shape index (κ2) is 9.24. The van der Waals surface area contributed by atoms with E-state index in [0.717, 1.165) is 13.0 Å². The van der Waals surface area contributed by atoms with Crippen molar-refractivity contribution >= 4 is 17.5 Å². The van der Waals surface area contributed by atoms with Crippen molar-refractivity contribution < 1.29 is 18.4 Å². The zero-order chi connectivity index (χ0) is 22.8. The average Bonchev–Trinajstić information content (AvgIpc) is 3.40. The fourth-order valence-electron chi connectivity index (χ4n) is 4.64. The summed E-state index contributed by atoms with van der Waals surface area (Å²) in [6.07, 6.45) is 2.41. The van der Waals surface area contributed by atoms with E-state index < -0.39 is 35.3 Å². The van der Waals surface area contributed by atoms with E-state index in [9.17, 15) is 18.4 Å². The molecule has 0 spiro atoms. The maximum atomic E-state index is 14.2. The lowest BCUT2D eigenvalue weighted by Crippen LogP contribution is -2.50. The average molecular weight is 443 g/mol. The zero-order valence-corrected chi connectivity index (χ0v) is 18.0. The summed E-state index contributed by atoms with van der Waals surface area (Å²) in [5.74, 6) is -1.85. The van der Waals surface area contributed by atoms with Crippen LogP contribution in [0.25, 0.3) is 0 Å². The van der Waals surface area contributed by atoms with Gasteiger partial charge in [0, 0.05) is 0 Å². The molecule has 1 saturated heterocycles. The van der Waals surface area contributed by atoms with Gasteiger partial charge in [0.15, 0.2) is 5.82 Å². The highest BCUT2D eigenvalue weighted by Gasteiger charge is 2.33. The lowest BCUT2D eigenvalue weighted by atomic mass is 9.96. The van der Waals surface area contributed by atoms with Crippen molar-refractivity contribution in [1.29, 1.82) is 0 Å². The number of rotatable bonds is 6. The minimum atomic E-state index is -0.832. The molecule has 0 saturated carbocycles. The van der Waals surface area contributed by atoms with Crippen LogP contribution < -0.4 is 21.7 Å². The number of carbonyl (C=O) groups excluding carboxylic acids is 2. The number of hydrogen-bond donors (Lipinski definition) is 4. The molecule has 1 heterocycles. The summed E-state index contributed by atoms with van der Waals surface area (Å²) < 4.78 is 28.1. The minimum absolute atomic E-state index is 0.222. The van der Waals surface area contributed by atoms with Crippen molar-refractivity contribution in [3.05, 3.63) is 64.7 Å². The minimum Gasteiger partial charge on any atom is -0.394 e. The molecule has 1 aliphatic heterocycles. The number of nitrogens with one attached hydrogen (secondary N) is 3. The van der Waals surface area contributed by atoms with E-state index in [4.69, 9.17) is 5.73 Å². The maximum absolute atomic E-state index is 14.2. The Morgan fingerprint density at radius 2 is 2.00 bits per heavy atom. The fraction of sp³-hybridized carbons (Fsp3) is 0.417. The van der Waals surface area contributed by atoms with E-state index in [1.807, 2.05) is 18.2 Å². The van der Waals surface area contributed by atoms with Gasteiger partial charge in [-0.3, -0.25) is 9.59 Å². The third kappa shape index (κ3) is 4.60. The Labute approximate surface area is 185 Å². The molecule has 2 amide bonds. The van der Waals surface area contributed by atoms with E-state index in [1.165, 1.54) is 11.6 Å². The van der Waals surface area contributed by atoms with Crippen LogP contribution in [-0.4, -0.2) is 30.4 Å². The normalized spacial score (nSPS) is 22.9. The van der Waals surface area contributed by atoms with Crippen molar-refractivity contribution in [2.75, 3.05) is 12.3 Å². The van der Waals surface area contributed by atoms with Gasteiger partial charge in [-0.1, -0.05) is 30.3 Å². The Bertz CT molecular complexity index is 1010. The predicted octanol–water partition coefficient (Wildman–Crippen LogP) is 2.38. The zero-order valence-electron chi connectivity index (χ0n) is 18.0. The van der Waals surface area contributed by atoms with Crippen LogP contribution in [0.3, 0.4) is 0 Å². The second-order valence-electron chi connectivity index (χ2n) is 8.74. The van der Waals surface area contributed by atoms with Crippen LogP contribution >= 0.6 is 0 Å². The Morgan fingerprint density at radius 3 is 2.75 bits per heavy atom. The molecule has 0 aromatic heterocycles. The molecule has 0 bridgehead atoms. The number of nitrogen functional groups attached to an aromatic ring is 1. The summed E-state index contributed by atoms with van der Waals surface area (Å²) in [6.45, 7) is 2.34. The number of fused-ring (bicyclic) bond motifs is 1. The molecule has 1 fully saturated rings. The molecule has 6 nitrogen and oxygen atoms in total. The third-order valence-corrected chi connectivity index (χ3v) is 6.42. The van der Waals surface area contributed by atoms with Crippen LogP contribution in [0.1, 0.15) is 42.5 Å². The van der Waals surface area contributed by atoms with E-state index in [1.54, 1.807) is 6.92 Å². The van der Waals surface area contributed by atoms with Crippen molar-refractivity contribution in [2.24, 2.45) is 5.92 Å². The predicted molar refractivity (Wildman–Crippen MR) is 118 cm³/mol. The topological polar surface area (TPSA) is 96.2 Å². The number of benzene rings is 2. The molecule has 2 aromatic rings. The van der Waals surface area contributed by atoms with Crippen LogP contribution in [0.4, 0.5) is 14.5 Å². The van der Waals surface area contributed by atoms with Gasteiger partial charge in [0.1, 0.15) is 17.5 Å². The largest absolute Gasteiger partial charge is 0.394 e. The highest BCUT2D eigenvalue weighted by Crippen LogP contribution is 2.36. The summed E-state index contributed by atoms with van der Waals surface area (Å²) in [7, 11) is 0. The highest BCUT2D eigenvalue weighted by atomic mass is 19.1. The number of amides is 2. The summed E-state index contributed by atoms with van der Waals surface area (Å²) in [5.41, 5.74) is 6.91. The van der Waals surface area contributed by atoms with E-state index in [2.05, 4.69) is 28.1 Å². The monoisotopic (exact) mass is 442 g/mol. The molecule has 5 N–H and O–H groups in total. The lowest BCUT2D eigenvalue weighted by molar-refractivity contribution is -0.129. The van der Waals surface area contributed by atoms with E-state index in [-0.39, 0.29) is 11.9 Å². The van der Waals surface area contributed by atoms with Gasteiger partial charge in [-0.25, -0.2) is 8.78 Å². The summed E-state index contributed by atoms with van der Waals surface area (Å²) in [6, 6.07) is 9.69. The number of nitrogens with two attached hydrogens (primary N) is 1. The van der Waals surface area contributed by atoms with Gasteiger partial charge >= 0.3 is 0 Å². The smallest absolute Gasteiger partial charge is 0.242 e. The van der Waals surface area contributed by atoms with Crippen LogP contribution in [0.5, 0.6) is 0 Å². The van der Waals surface area contributed by atoms with Crippen molar-refractivity contribution in [3.8, 4) is 0 Å². The molecule has 4 rings (SSSR count). The summed E-state index contributed by atoms with van der Waals surface area (Å²) in [5, 5.41) is 8.79. The number of halogens is 2. The molecular weight excluding hydrogens is 414 g/mol. The number of carbonyl (C=O) groups is 2. The fourth-order valence-corrected chi connectivity index (χ4v) is 4.64. The molecule has 2 aliphatic rings. The Balaban J connectivity index is 1.30. The van der Waals surface area contributed by atoms with E-state index >= 15 is 0 Å². The first-order chi connectivity index (χ1) is 15.3. The molecule has 8 heteroatoms. The van der Waals surface area contributed by atoms with Gasteiger partial charge in [0.05, 0.1) is 12.1 Å². The third-order valence-electron chi connectivity index (χ3n) is 6.42.